The lowest BCUT2D eigenvalue weighted by atomic mass is 9.93. The van der Waals surface area contributed by atoms with Crippen LogP contribution in [0.15, 0.2) is 127 Å². The summed E-state index contributed by atoms with van der Waals surface area (Å²) in [5, 5.41) is 27.3. The fraction of sp³-hybridized carbons (Fsp3) is 0.150. The van der Waals surface area contributed by atoms with E-state index in [9.17, 15) is 10.2 Å². The predicted molar refractivity (Wildman–Crippen MR) is 184 cm³/mol. The number of aliphatic hydroxyl groups excluding tert-OH is 2. The summed E-state index contributed by atoms with van der Waals surface area (Å²) >= 11 is 0. The third-order valence-electron chi connectivity index (χ3n) is 8.40. The quantitative estimate of drug-likeness (QED) is 0.122. The van der Waals surface area contributed by atoms with E-state index in [1.165, 1.54) is 32.3 Å². The minimum atomic E-state index is -0.839. The molecule has 45 heavy (non-hydrogen) atoms. The molecule has 0 aliphatic rings. The van der Waals surface area contributed by atoms with Crippen molar-refractivity contribution >= 4 is 49.4 Å². The van der Waals surface area contributed by atoms with Gasteiger partial charge in [-0.25, -0.2) is 0 Å². The first-order valence-corrected chi connectivity index (χ1v) is 15.5. The van der Waals surface area contributed by atoms with Crippen molar-refractivity contribution in [3.05, 3.63) is 127 Å². The lowest BCUT2D eigenvalue weighted by Crippen LogP contribution is -2.14. The van der Waals surface area contributed by atoms with Crippen LogP contribution in [-0.2, 0) is 0 Å². The van der Waals surface area contributed by atoms with Crippen molar-refractivity contribution in [2.45, 2.75) is 39.3 Å². The Hall–Kier alpha value is -5.10. The van der Waals surface area contributed by atoms with Crippen molar-refractivity contribution in [3.8, 4) is 22.6 Å². The van der Waals surface area contributed by atoms with E-state index in [0.717, 1.165) is 28.2 Å². The molecule has 0 fully saturated rings. The van der Waals surface area contributed by atoms with Crippen LogP contribution in [-0.4, -0.2) is 22.8 Å². The maximum Gasteiger partial charge on any atom is 0.197 e. The minimum absolute atomic E-state index is 0.513. The van der Waals surface area contributed by atoms with Gasteiger partial charge in [-0.1, -0.05) is 86.6 Å². The molecule has 5 nitrogen and oxygen atoms in total. The van der Waals surface area contributed by atoms with Crippen LogP contribution in [0.25, 0.3) is 43.4 Å². The molecule has 0 aliphatic carbocycles. The van der Waals surface area contributed by atoms with Gasteiger partial charge in [0.2, 0.25) is 0 Å². The molecule has 0 radical (unpaired) electrons. The maximum absolute atomic E-state index is 10.0. The van der Waals surface area contributed by atoms with Gasteiger partial charge in [0.1, 0.15) is 11.5 Å². The third kappa shape index (κ3) is 5.53. The summed E-state index contributed by atoms with van der Waals surface area (Å²) < 4.78 is 11.2. The molecule has 0 saturated carbocycles. The number of nitrogens with zero attached hydrogens (tertiary/aromatic N) is 1. The van der Waals surface area contributed by atoms with Crippen LogP contribution in [0, 0.1) is 0 Å². The number of hydrogen-bond donors (Lipinski definition) is 2. The van der Waals surface area contributed by atoms with Crippen molar-refractivity contribution < 1.29 is 19.7 Å². The molecule has 0 amide bonds. The summed E-state index contributed by atoms with van der Waals surface area (Å²) in [5.41, 5.74) is 5.21. The van der Waals surface area contributed by atoms with Gasteiger partial charge >= 0.3 is 0 Å². The second-order valence-electron chi connectivity index (χ2n) is 11.3. The summed E-state index contributed by atoms with van der Waals surface area (Å²) in [6.45, 7) is 3.77. The number of hydrogen-bond acceptors (Lipinski definition) is 5. The highest BCUT2D eigenvalue weighted by Gasteiger charge is 2.19. The van der Waals surface area contributed by atoms with Crippen LogP contribution >= 0.6 is 0 Å². The van der Waals surface area contributed by atoms with Gasteiger partial charge in [-0.15, -0.1) is 0 Å². The lowest BCUT2D eigenvalue weighted by Gasteiger charge is -2.28. The normalized spacial score (nSPS) is 12.9. The molecule has 7 rings (SSSR count). The molecule has 2 unspecified atom stereocenters. The molecule has 5 heteroatoms. The van der Waals surface area contributed by atoms with E-state index in [1.807, 2.05) is 62.4 Å². The molecular formula is C40H35NO4. The monoisotopic (exact) mass is 593 g/mol. The van der Waals surface area contributed by atoms with E-state index in [1.54, 1.807) is 0 Å². The summed E-state index contributed by atoms with van der Waals surface area (Å²) in [4.78, 5) is 2.28. The lowest BCUT2D eigenvalue weighted by molar-refractivity contribution is -0.0195. The van der Waals surface area contributed by atoms with Gasteiger partial charge in [0.05, 0.1) is 5.69 Å². The van der Waals surface area contributed by atoms with E-state index in [4.69, 9.17) is 9.47 Å². The van der Waals surface area contributed by atoms with E-state index in [0.29, 0.717) is 24.3 Å². The number of aliphatic hydroxyl groups is 2. The van der Waals surface area contributed by atoms with Gasteiger partial charge in [-0.3, -0.25) is 0 Å². The Morgan fingerprint density at radius 3 is 1.51 bits per heavy atom. The molecule has 0 saturated heterocycles. The fourth-order valence-corrected chi connectivity index (χ4v) is 6.03. The molecule has 7 aromatic rings. The average Bonchev–Trinajstić information content (AvgIpc) is 3.09. The molecule has 7 aromatic carbocycles. The zero-order chi connectivity index (χ0) is 30.9. The Morgan fingerprint density at radius 1 is 0.511 bits per heavy atom. The molecule has 0 bridgehead atoms. The molecule has 0 aliphatic heterocycles. The van der Waals surface area contributed by atoms with E-state index < -0.39 is 12.6 Å². The van der Waals surface area contributed by atoms with Gasteiger partial charge in [0, 0.05) is 29.6 Å². The van der Waals surface area contributed by atoms with Crippen molar-refractivity contribution in [2.24, 2.45) is 0 Å². The Balaban J connectivity index is 1.32. The Bertz CT molecular complexity index is 2040. The first-order valence-electron chi connectivity index (χ1n) is 15.5. The Morgan fingerprint density at radius 2 is 0.956 bits per heavy atom. The average molecular weight is 594 g/mol. The van der Waals surface area contributed by atoms with E-state index in [2.05, 4.69) is 83.8 Å². The number of rotatable bonds is 10. The number of ether oxygens (including phenoxy) is 2. The van der Waals surface area contributed by atoms with Gasteiger partial charge in [0.25, 0.3) is 0 Å². The van der Waals surface area contributed by atoms with Crippen molar-refractivity contribution in [2.75, 3.05) is 4.90 Å². The van der Waals surface area contributed by atoms with E-state index in [-0.39, 0.29) is 0 Å². The van der Waals surface area contributed by atoms with Crippen LogP contribution in [0.1, 0.15) is 26.7 Å². The van der Waals surface area contributed by atoms with E-state index >= 15 is 0 Å². The summed E-state index contributed by atoms with van der Waals surface area (Å²) in [6.07, 6.45) is -0.602. The molecule has 0 aromatic heterocycles. The predicted octanol–water partition coefficient (Wildman–Crippen LogP) is 9.94. The van der Waals surface area contributed by atoms with Gasteiger partial charge in [-0.05, 0) is 92.7 Å². The Labute approximate surface area is 262 Å². The van der Waals surface area contributed by atoms with Gasteiger partial charge in [-0.2, -0.15) is 0 Å². The van der Waals surface area contributed by atoms with Crippen molar-refractivity contribution in [1.29, 1.82) is 0 Å². The van der Waals surface area contributed by atoms with Gasteiger partial charge < -0.3 is 24.6 Å². The standard InChI is InChI=1S/C40H35NO4/c1-3-37(42)44-33-20-12-27(13-21-33)26-10-16-31(17-11-26)41(32-18-22-34(23-19-32)45-38(43)4-2)36-25-15-30-9-8-28-6-5-7-29-14-24-35(36)40(30)39(28)29/h5-25,37-38,42-43H,3-4H2,1-2H3. The topological polar surface area (TPSA) is 62.2 Å². The first-order chi connectivity index (χ1) is 22.0. The summed E-state index contributed by atoms with van der Waals surface area (Å²) in [7, 11) is 0. The molecule has 0 spiro atoms. The highest BCUT2D eigenvalue weighted by atomic mass is 16.6. The summed E-state index contributed by atoms with van der Waals surface area (Å²) in [6, 6.07) is 44.0. The van der Waals surface area contributed by atoms with Crippen molar-refractivity contribution in [1.82, 2.24) is 0 Å². The molecular weight excluding hydrogens is 558 g/mol. The summed E-state index contributed by atoms with van der Waals surface area (Å²) in [5.74, 6) is 1.27. The first kappa shape index (κ1) is 28.7. The second-order valence-corrected chi connectivity index (χ2v) is 11.3. The SMILES string of the molecule is CCC(O)Oc1ccc(-c2ccc(N(c3ccc(OC(O)CC)cc3)c3ccc4ccc5cccc6ccc3c4c56)cc2)cc1. The number of anilines is 3. The van der Waals surface area contributed by atoms with Crippen LogP contribution in [0.4, 0.5) is 17.1 Å². The van der Waals surface area contributed by atoms with Gasteiger partial charge in [0.15, 0.2) is 12.6 Å². The van der Waals surface area contributed by atoms with Crippen LogP contribution < -0.4 is 14.4 Å². The smallest absolute Gasteiger partial charge is 0.197 e. The van der Waals surface area contributed by atoms with Crippen LogP contribution in [0.2, 0.25) is 0 Å². The van der Waals surface area contributed by atoms with Crippen LogP contribution in [0.3, 0.4) is 0 Å². The molecule has 0 heterocycles. The molecule has 224 valence electrons. The minimum Gasteiger partial charge on any atom is -0.465 e. The largest absolute Gasteiger partial charge is 0.465 e. The third-order valence-corrected chi connectivity index (χ3v) is 8.40. The second kappa shape index (κ2) is 12.1. The molecule has 2 N–H and O–H groups in total. The van der Waals surface area contributed by atoms with Crippen LogP contribution in [0.5, 0.6) is 11.5 Å². The molecule has 2 atom stereocenters. The zero-order valence-corrected chi connectivity index (χ0v) is 25.4. The highest BCUT2D eigenvalue weighted by molar-refractivity contribution is 6.25. The zero-order valence-electron chi connectivity index (χ0n) is 25.4. The maximum atomic E-state index is 10.0. The van der Waals surface area contributed by atoms with Crippen molar-refractivity contribution in [3.63, 3.8) is 0 Å². The fourth-order valence-electron chi connectivity index (χ4n) is 6.03. The highest BCUT2D eigenvalue weighted by Crippen LogP contribution is 2.44. The Kier molecular flexibility index (Phi) is 7.72. The number of benzene rings is 7.